The Bertz CT molecular complexity index is 532. The zero-order valence-electron chi connectivity index (χ0n) is 10.6. The van der Waals surface area contributed by atoms with E-state index in [1.807, 2.05) is 0 Å². The molecular weight excluding hydrogens is 240 g/mol. The molecule has 1 fully saturated rings. The number of benzene rings is 2. The highest BCUT2D eigenvalue weighted by Gasteiger charge is 2.23. The quantitative estimate of drug-likeness (QED) is 0.468. The van der Waals surface area contributed by atoms with Crippen LogP contribution in [0.3, 0.4) is 0 Å². The molecule has 1 saturated carbocycles. The predicted molar refractivity (Wildman–Crippen MR) is 79.4 cm³/mol. The molecule has 0 bridgehead atoms. The Hall–Kier alpha value is -1.01. The average molecular weight is 259 g/mol. The van der Waals surface area contributed by atoms with Crippen LogP contribution in [0.2, 0.25) is 0 Å². The summed E-state index contributed by atoms with van der Waals surface area (Å²) >= 11 is 6.57. The van der Waals surface area contributed by atoms with Crippen molar-refractivity contribution in [1.82, 2.24) is 0 Å². The van der Waals surface area contributed by atoms with Crippen molar-refractivity contribution < 1.29 is 0 Å². The molecule has 0 saturated heterocycles. The third kappa shape index (κ3) is 2.40. The number of hydrogen-bond acceptors (Lipinski definition) is 0. The van der Waals surface area contributed by atoms with Crippen LogP contribution in [0.4, 0.5) is 0 Å². The van der Waals surface area contributed by atoms with E-state index in [1.54, 1.807) is 0 Å². The lowest BCUT2D eigenvalue weighted by Crippen LogP contribution is -2.11. The van der Waals surface area contributed by atoms with Gasteiger partial charge in [-0.2, -0.15) is 0 Å². The fourth-order valence-electron chi connectivity index (χ4n) is 3.08. The fraction of sp³-hybridized carbons (Fsp3) is 0.412. The van der Waals surface area contributed by atoms with Crippen LogP contribution in [0.1, 0.15) is 43.6 Å². The molecule has 0 spiro atoms. The second-order valence-corrected chi connectivity index (χ2v) is 5.93. The zero-order chi connectivity index (χ0) is 12.4. The van der Waals surface area contributed by atoms with Crippen LogP contribution in [0.15, 0.2) is 42.5 Å². The molecule has 94 valence electrons. The van der Waals surface area contributed by atoms with Crippen molar-refractivity contribution in [2.75, 3.05) is 0 Å². The number of halogens is 1. The van der Waals surface area contributed by atoms with Gasteiger partial charge in [0.1, 0.15) is 0 Å². The van der Waals surface area contributed by atoms with Gasteiger partial charge in [-0.05, 0) is 29.2 Å². The van der Waals surface area contributed by atoms with Crippen LogP contribution in [0, 0.1) is 0 Å². The predicted octanol–water partition coefficient (Wildman–Crippen LogP) is 5.49. The smallest absolute Gasteiger partial charge is 0.0404 e. The maximum atomic E-state index is 6.57. The van der Waals surface area contributed by atoms with Crippen LogP contribution in [0.5, 0.6) is 0 Å². The Balaban J connectivity index is 1.97. The Morgan fingerprint density at radius 1 is 0.833 bits per heavy atom. The fourth-order valence-corrected chi connectivity index (χ4v) is 3.50. The summed E-state index contributed by atoms with van der Waals surface area (Å²) in [6.07, 6.45) is 6.36. The molecule has 2 aromatic rings. The zero-order valence-corrected chi connectivity index (χ0v) is 11.4. The first-order valence-corrected chi connectivity index (χ1v) is 7.41. The summed E-state index contributed by atoms with van der Waals surface area (Å²) in [7, 11) is 0. The Labute approximate surface area is 114 Å². The molecule has 0 radical (unpaired) electrons. The first-order chi connectivity index (χ1) is 8.84. The molecule has 2 aromatic carbocycles. The van der Waals surface area contributed by atoms with Crippen molar-refractivity contribution in [3.05, 3.63) is 48.0 Å². The number of rotatable bonds is 1. The van der Waals surface area contributed by atoms with Crippen molar-refractivity contribution >= 4 is 22.4 Å². The van der Waals surface area contributed by atoms with Gasteiger partial charge in [0.25, 0.3) is 0 Å². The summed E-state index contributed by atoms with van der Waals surface area (Å²) in [4.78, 5) is 0. The summed E-state index contributed by atoms with van der Waals surface area (Å²) in [5, 5.41) is 2.97. The Morgan fingerprint density at radius 2 is 1.61 bits per heavy atom. The lowest BCUT2D eigenvalue weighted by Gasteiger charge is -2.20. The van der Waals surface area contributed by atoms with E-state index in [4.69, 9.17) is 11.6 Å². The molecule has 2 unspecified atom stereocenters. The second-order valence-electron chi connectivity index (χ2n) is 5.37. The SMILES string of the molecule is ClC1CCCCCC1c1ccc2ccccc2c1. The second kappa shape index (κ2) is 5.32. The van der Waals surface area contributed by atoms with Gasteiger partial charge >= 0.3 is 0 Å². The molecule has 18 heavy (non-hydrogen) atoms. The van der Waals surface area contributed by atoms with E-state index in [9.17, 15) is 0 Å². The Kier molecular flexibility index (Phi) is 3.56. The summed E-state index contributed by atoms with van der Waals surface area (Å²) in [6, 6.07) is 15.4. The van der Waals surface area contributed by atoms with Crippen LogP contribution >= 0.6 is 11.6 Å². The molecule has 0 aliphatic heterocycles. The minimum Gasteiger partial charge on any atom is -0.122 e. The monoisotopic (exact) mass is 258 g/mol. The molecule has 1 heteroatoms. The lowest BCUT2D eigenvalue weighted by atomic mass is 9.90. The van der Waals surface area contributed by atoms with E-state index in [2.05, 4.69) is 42.5 Å². The molecule has 0 nitrogen and oxygen atoms in total. The van der Waals surface area contributed by atoms with Crippen LogP contribution in [0.25, 0.3) is 10.8 Å². The topological polar surface area (TPSA) is 0 Å². The van der Waals surface area contributed by atoms with Gasteiger partial charge < -0.3 is 0 Å². The number of fused-ring (bicyclic) bond motifs is 1. The van der Waals surface area contributed by atoms with E-state index < -0.39 is 0 Å². The van der Waals surface area contributed by atoms with Gasteiger partial charge in [0.2, 0.25) is 0 Å². The highest BCUT2D eigenvalue weighted by Crippen LogP contribution is 2.36. The molecule has 3 rings (SSSR count). The van der Waals surface area contributed by atoms with Gasteiger partial charge in [0.15, 0.2) is 0 Å². The van der Waals surface area contributed by atoms with Gasteiger partial charge in [-0.25, -0.2) is 0 Å². The average Bonchev–Trinajstić information content (AvgIpc) is 2.63. The number of alkyl halides is 1. The third-order valence-corrected chi connectivity index (χ3v) is 4.66. The first-order valence-electron chi connectivity index (χ1n) is 6.97. The van der Waals surface area contributed by atoms with Crippen molar-refractivity contribution in [2.24, 2.45) is 0 Å². The van der Waals surface area contributed by atoms with E-state index in [1.165, 1.54) is 48.4 Å². The van der Waals surface area contributed by atoms with E-state index in [0.717, 1.165) is 0 Å². The molecule has 0 heterocycles. The molecule has 1 aliphatic carbocycles. The highest BCUT2D eigenvalue weighted by atomic mass is 35.5. The van der Waals surface area contributed by atoms with Gasteiger partial charge in [-0.1, -0.05) is 61.7 Å². The normalized spacial score (nSPS) is 24.9. The summed E-state index contributed by atoms with van der Waals surface area (Å²) < 4.78 is 0. The van der Waals surface area contributed by atoms with Gasteiger partial charge in [-0.15, -0.1) is 11.6 Å². The highest BCUT2D eigenvalue weighted by molar-refractivity contribution is 6.21. The largest absolute Gasteiger partial charge is 0.122 e. The van der Waals surface area contributed by atoms with E-state index in [0.29, 0.717) is 11.3 Å². The molecule has 0 amide bonds. The molecule has 2 atom stereocenters. The van der Waals surface area contributed by atoms with E-state index >= 15 is 0 Å². The van der Waals surface area contributed by atoms with Crippen LogP contribution in [-0.2, 0) is 0 Å². The van der Waals surface area contributed by atoms with Crippen molar-refractivity contribution in [3.63, 3.8) is 0 Å². The van der Waals surface area contributed by atoms with Crippen LogP contribution in [-0.4, -0.2) is 5.38 Å². The summed E-state index contributed by atoms with van der Waals surface area (Å²) in [5.74, 6) is 0.541. The maximum Gasteiger partial charge on any atom is 0.0404 e. The van der Waals surface area contributed by atoms with Gasteiger partial charge in [0, 0.05) is 11.3 Å². The van der Waals surface area contributed by atoms with E-state index in [-0.39, 0.29) is 0 Å². The van der Waals surface area contributed by atoms with Crippen LogP contribution < -0.4 is 0 Å². The minimum absolute atomic E-state index is 0.314. The van der Waals surface area contributed by atoms with Crippen molar-refractivity contribution in [2.45, 2.75) is 43.4 Å². The first kappa shape index (κ1) is 12.0. The van der Waals surface area contributed by atoms with Crippen molar-refractivity contribution in [1.29, 1.82) is 0 Å². The number of hydrogen-bond donors (Lipinski definition) is 0. The van der Waals surface area contributed by atoms with Gasteiger partial charge in [0.05, 0.1) is 0 Å². The third-order valence-electron chi connectivity index (χ3n) is 4.13. The summed E-state index contributed by atoms with van der Waals surface area (Å²) in [6.45, 7) is 0. The standard InChI is InChI=1S/C17H19Cl/c18-17-9-3-1-2-8-16(17)15-11-10-13-6-4-5-7-14(13)12-15/h4-7,10-12,16-17H,1-3,8-9H2. The Morgan fingerprint density at radius 3 is 2.50 bits per heavy atom. The maximum absolute atomic E-state index is 6.57. The molecule has 1 aliphatic rings. The molecule has 0 N–H and O–H groups in total. The van der Waals surface area contributed by atoms with Gasteiger partial charge in [-0.3, -0.25) is 0 Å². The minimum atomic E-state index is 0.314. The molecular formula is C17H19Cl. The molecule has 0 aromatic heterocycles. The lowest BCUT2D eigenvalue weighted by molar-refractivity contribution is 0.600. The van der Waals surface area contributed by atoms with Crippen molar-refractivity contribution in [3.8, 4) is 0 Å². The summed E-state index contributed by atoms with van der Waals surface area (Å²) in [5.41, 5.74) is 1.43.